The average Bonchev–Trinajstić information content (AvgIpc) is 2.73. The van der Waals surface area contributed by atoms with Crippen LogP contribution in [-0.2, 0) is 14.4 Å². The summed E-state index contributed by atoms with van der Waals surface area (Å²) in [6.45, 7) is 1.68. The van der Waals surface area contributed by atoms with Gasteiger partial charge in [0, 0.05) is 17.2 Å². The number of ether oxygens (including phenoxy) is 2. The zero-order valence-electron chi connectivity index (χ0n) is 16.6. The van der Waals surface area contributed by atoms with Crippen LogP contribution in [0.2, 0.25) is 0 Å². The van der Waals surface area contributed by atoms with Crippen LogP contribution in [0.1, 0.15) is 11.1 Å². The first kappa shape index (κ1) is 22.9. The number of hydrogen-bond acceptors (Lipinski definition) is 6. The second kappa shape index (κ2) is 11.0. The van der Waals surface area contributed by atoms with Crippen LogP contribution in [-0.4, -0.2) is 44.7 Å². The third kappa shape index (κ3) is 6.59. The number of hydrazone groups is 1. The van der Waals surface area contributed by atoms with Gasteiger partial charge in [-0.1, -0.05) is 15.9 Å². The molecular weight excluding hydrogens is 456 g/mol. The fourth-order valence-electron chi connectivity index (χ4n) is 2.31. The molecule has 3 N–H and O–H groups in total. The van der Waals surface area contributed by atoms with Gasteiger partial charge in [0.15, 0.2) is 18.1 Å². The smallest absolute Gasteiger partial charge is 0.329 e. The minimum absolute atomic E-state index is 0.207. The predicted molar refractivity (Wildman–Crippen MR) is 116 cm³/mol. The van der Waals surface area contributed by atoms with Gasteiger partial charge in [-0.2, -0.15) is 5.10 Å². The third-order valence-corrected chi connectivity index (χ3v) is 4.32. The Kier molecular flexibility index (Phi) is 8.36. The van der Waals surface area contributed by atoms with E-state index in [0.29, 0.717) is 22.7 Å². The number of nitrogens with one attached hydrogen (secondary N) is 3. The van der Waals surface area contributed by atoms with Crippen molar-refractivity contribution in [2.45, 2.75) is 6.92 Å². The highest BCUT2D eigenvalue weighted by Gasteiger charge is 2.11. The van der Waals surface area contributed by atoms with Crippen molar-refractivity contribution in [3.8, 4) is 11.5 Å². The summed E-state index contributed by atoms with van der Waals surface area (Å²) >= 11 is 3.38. The van der Waals surface area contributed by atoms with Crippen LogP contribution < -0.4 is 25.5 Å². The first-order chi connectivity index (χ1) is 14.3. The van der Waals surface area contributed by atoms with Gasteiger partial charge in [0.25, 0.3) is 5.91 Å². The molecule has 0 saturated heterocycles. The number of amides is 3. The van der Waals surface area contributed by atoms with Crippen molar-refractivity contribution in [2.24, 2.45) is 5.10 Å². The molecule has 0 unspecified atom stereocenters. The summed E-state index contributed by atoms with van der Waals surface area (Å²) in [5, 5.41) is 8.68. The molecule has 0 heterocycles. The summed E-state index contributed by atoms with van der Waals surface area (Å²) in [6, 6.07) is 10.4. The fourth-order valence-corrected chi connectivity index (χ4v) is 2.79. The van der Waals surface area contributed by atoms with E-state index in [0.717, 1.165) is 10.0 Å². The molecule has 0 radical (unpaired) electrons. The van der Waals surface area contributed by atoms with E-state index in [1.54, 1.807) is 24.3 Å². The van der Waals surface area contributed by atoms with Crippen molar-refractivity contribution in [3.05, 3.63) is 52.0 Å². The Bertz CT molecular complexity index is 978. The molecule has 0 spiro atoms. The maximum atomic E-state index is 12.2. The van der Waals surface area contributed by atoms with Crippen LogP contribution in [0.3, 0.4) is 0 Å². The summed E-state index contributed by atoms with van der Waals surface area (Å²) in [5.41, 5.74) is 4.30. The Hall–Kier alpha value is -3.40. The highest BCUT2D eigenvalue weighted by molar-refractivity contribution is 9.10. The molecule has 158 valence electrons. The number of carbonyl (C=O) groups excluding carboxylic acids is 3. The number of benzene rings is 2. The maximum Gasteiger partial charge on any atom is 0.329 e. The van der Waals surface area contributed by atoms with E-state index in [-0.39, 0.29) is 12.5 Å². The molecule has 0 aliphatic rings. The van der Waals surface area contributed by atoms with E-state index >= 15 is 0 Å². The van der Waals surface area contributed by atoms with E-state index in [9.17, 15) is 14.4 Å². The lowest BCUT2D eigenvalue weighted by Crippen LogP contribution is -2.35. The molecule has 0 aromatic heterocycles. The number of halogens is 1. The number of likely N-dealkylation sites (N-methyl/N-ethyl adjacent to an activating group) is 1. The highest BCUT2D eigenvalue weighted by Crippen LogP contribution is 2.27. The number of carbonyl (C=O) groups is 3. The van der Waals surface area contributed by atoms with Gasteiger partial charge < -0.3 is 20.1 Å². The Morgan fingerprint density at radius 2 is 1.87 bits per heavy atom. The SMILES string of the molecule is CNC(=O)C(=O)N/N=C\c1ccc(OCC(=O)Nc2ccc(Br)cc2C)c(OC)c1. The lowest BCUT2D eigenvalue weighted by atomic mass is 10.2. The van der Waals surface area contributed by atoms with Crippen molar-refractivity contribution in [3.63, 3.8) is 0 Å². The van der Waals surface area contributed by atoms with Crippen molar-refractivity contribution in [1.29, 1.82) is 0 Å². The van der Waals surface area contributed by atoms with E-state index in [1.165, 1.54) is 20.4 Å². The average molecular weight is 477 g/mol. The van der Waals surface area contributed by atoms with Gasteiger partial charge in [0.05, 0.1) is 13.3 Å². The summed E-state index contributed by atoms with van der Waals surface area (Å²) in [5.74, 6) is -1.25. The van der Waals surface area contributed by atoms with E-state index < -0.39 is 11.8 Å². The largest absolute Gasteiger partial charge is 0.493 e. The molecule has 2 aromatic carbocycles. The lowest BCUT2D eigenvalue weighted by molar-refractivity contribution is -0.138. The molecule has 0 saturated carbocycles. The quantitative estimate of drug-likeness (QED) is 0.320. The van der Waals surface area contributed by atoms with E-state index in [4.69, 9.17) is 9.47 Å². The molecule has 3 amide bonds. The van der Waals surface area contributed by atoms with Gasteiger partial charge in [-0.25, -0.2) is 5.43 Å². The fraction of sp³-hybridized carbons (Fsp3) is 0.200. The minimum Gasteiger partial charge on any atom is -0.493 e. The summed E-state index contributed by atoms with van der Waals surface area (Å²) in [4.78, 5) is 34.6. The Morgan fingerprint density at radius 3 is 2.53 bits per heavy atom. The Balaban J connectivity index is 1.96. The van der Waals surface area contributed by atoms with Gasteiger partial charge in [-0.05, 0) is 54.4 Å². The topological polar surface area (TPSA) is 118 Å². The molecule has 2 aromatic rings. The monoisotopic (exact) mass is 476 g/mol. The van der Waals surface area contributed by atoms with Crippen molar-refractivity contribution in [2.75, 3.05) is 26.1 Å². The molecular formula is C20H21BrN4O5. The van der Waals surface area contributed by atoms with Crippen LogP contribution in [0.25, 0.3) is 0 Å². The standard InChI is InChI=1S/C20H21BrN4O5/c1-12-8-14(21)5-6-15(12)24-18(26)11-30-16-7-4-13(9-17(16)29-3)10-23-25-20(28)19(27)22-2/h4-10H,11H2,1-3H3,(H,22,27)(H,24,26)(H,25,28)/b23-10-. The number of nitrogens with zero attached hydrogens (tertiary/aromatic N) is 1. The second-order valence-corrected chi connectivity index (χ2v) is 6.90. The normalized spacial score (nSPS) is 10.4. The predicted octanol–water partition coefficient (Wildman–Crippen LogP) is 1.98. The molecule has 9 nitrogen and oxygen atoms in total. The van der Waals surface area contributed by atoms with Gasteiger partial charge >= 0.3 is 11.8 Å². The number of aryl methyl sites for hydroxylation is 1. The molecule has 0 aliphatic heterocycles. The van der Waals surface area contributed by atoms with Crippen molar-refractivity contribution < 1.29 is 23.9 Å². The van der Waals surface area contributed by atoms with Crippen LogP contribution in [0, 0.1) is 6.92 Å². The minimum atomic E-state index is -0.882. The Labute approximate surface area is 182 Å². The molecule has 0 fully saturated rings. The first-order valence-corrected chi connectivity index (χ1v) is 9.55. The zero-order chi connectivity index (χ0) is 22.1. The van der Waals surface area contributed by atoms with Crippen LogP contribution >= 0.6 is 15.9 Å². The van der Waals surface area contributed by atoms with E-state index in [1.807, 2.05) is 19.1 Å². The maximum absolute atomic E-state index is 12.2. The zero-order valence-corrected chi connectivity index (χ0v) is 18.2. The third-order valence-electron chi connectivity index (χ3n) is 3.82. The number of anilines is 1. The lowest BCUT2D eigenvalue weighted by Gasteiger charge is -2.12. The first-order valence-electron chi connectivity index (χ1n) is 8.76. The van der Waals surface area contributed by atoms with Gasteiger partial charge in [0.1, 0.15) is 0 Å². The van der Waals surface area contributed by atoms with Crippen LogP contribution in [0.5, 0.6) is 11.5 Å². The van der Waals surface area contributed by atoms with Crippen LogP contribution in [0.15, 0.2) is 46.0 Å². The van der Waals surface area contributed by atoms with Crippen molar-refractivity contribution >= 4 is 45.6 Å². The molecule has 0 atom stereocenters. The molecule has 0 aliphatic carbocycles. The summed E-state index contributed by atoms with van der Waals surface area (Å²) in [6.07, 6.45) is 1.34. The molecule has 0 bridgehead atoms. The molecule has 2 rings (SSSR count). The number of methoxy groups -OCH3 is 1. The summed E-state index contributed by atoms with van der Waals surface area (Å²) < 4.78 is 11.8. The van der Waals surface area contributed by atoms with Gasteiger partial charge in [-0.3, -0.25) is 14.4 Å². The highest BCUT2D eigenvalue weighted by atomic mass is 79.9. The summed E-state index contributed by atoms with van der Waals surface area (Å²) in [7, 11) is 2.80. The van der Waals surface area contributed by atoms with Gasteiger partial charge in [0.2, 0.25) is 0 Å². The number of rotatable bonds is 7. The Morgan fingerprint density at radius 1 is 1.10 bits per heavy atom. The second-order valence-electron chi connectivity index (χ2n) is 5.98. The van der Waals surface area contributed by atoms with Gasteiger partial charge in [-0.15, -0.1) is 0 Å². The van der Waals surface area contributed by atoms with E-state index in [2.05, 4.69) is 37.1 Å². The van der Waals surface area contributed by atoms with Crippen molar-refractivity contribution in [1.82, 2.24) is 10.7 Å². The number of hydrogen-bond donors (Lipinski definition) is 3. The van der Waals surface area contributed by atoms with Crippen LogP contribution in [0.4, 0.5) is 5.69 Å². The molecule has 30 heavy (non-hydrogen) atoms. The molecule has 10 heteroatoms.